The number of imidazole rings is 1. The van der Waals surface area contributed by atoms with Gasteiger partial charge < -0.3 is 5.32 Å². The zero-order valence-electron chi connectivity index (χ0n) is 14.1. The van der Waals surface area contributed by atoms with Gasteiger partial charge in [0.2, 0.25) is 0 Å². The number of fused-ring (bicyclic) bond motifs is 1. The number of nitrogens with one attached hydrogen (secondary N) is 1. The highest BCUT2D eigenvalue weighted by Crippen LogP contribution is 2.38. The predicted molar refractivity (Wildman–Crippen MR) is 108 cm³/mol. The fourth-order valence-electron chi connectivity index (χ4n) is 2.94. The van der Waals surface area contributed by atoms with Crippen LogP contribution in [-0.2, 0) is 6.18 Å². The van der Waals surface area contributed by atoms with Crippen molar-refractivity contribution in [2.24, 2.45) is 0 Å². The Hall–Kier alpha value is -2.62. The molecule has 8 heteroatoms. The minimum absolute atomic E-state index is 0.161. The minimum Gasteiger partial charge on any atom is -0.339 e. The molecule has 0 aliphatic carbocycles. The number of aromatic nitrogens is 2. The Morgan fingerprint density at radius 1 is 0.893 bits per heavy atom. The van der Waals surface area contributed by atoms with E-state index in [2.05, 4.69) is 32.9 Å². The van der Waals surface area contributed by atoms with Crippen LogP contribution in [0, 0.1) is 9.39 Å². The van der Waals surface area contributed by atoms with Crippen LogP contribution < -0.4 is 5.32 Å². The smallest absolute Gasteiger partial charge is 0.339 e. The maximum Gasteiger partial charge on any atom is 0.431 e. The van der Waals surface area contributed by atoms with Gasteiger partial charge in [-0.2, -0.15) is 13.2 Å². The van der Waals surface area contributed by atoms with Crippen LogP contribution in [0.25, 0.3) is 16.9 Å². The summed E-state index contributed by atoms with van der Waals surface area (Å²) >= 11 is 2.12. The van der Waals surface area contributed by atoms with Crippen LogP contribution in [0.2, 0.25) is 0 Å². The Kier molecular flexibility index (Phi) is 4.74. The summed E-state index contributed by atoms with van der Waals surface area (Å²) in [6, 6.07) is 16.5. The summed E-state index contributed by atoms with van der Waals surface area (Å²) in [6.07, 6.45) is -4.57. The van der Waals surface area contributed by atoms with Gasteiger partial charge in [-0.3, -0.25) is 4.40 Å². The molecule has 0 aliphatic heterocycles. The van der Waals surface area contributed by atoms with E-state index in [1.54, 1.807) is 12.1 Å². The van der Waals surface area contributed by atoms with Gasteiger partial charge in [-0.15, -0.1) is 0 Å². The third-order valence-corrected chi connectivity index (χ3v) is 5.11. The van der Waals surface area contributed by atoms with Gasteiger partial charge in [-0.05, 0) is 65.1 Å². The molecule has 3 nitrogen and oxygen atoms in total. The van der Waals surface area contributed by atoms with Crippen LogP contribution in [0.5, 0.6) is 0 Å². The Balaban J connectivity index is 2.01. The topological polar surface area (TPSA) is 29.3 Å². The van der Waals surface area contributed by atoms with E-state index >= 15 is 0 Å². The van der Waals surface area contributed by atoms with E-state index in [1.165, 1.54) is 36.4 Å². The van der Waals surface area contributed by atoms with E-state index in [-0.39, 0.29) is 11.5 Å². The fourth-order valence-corrected chi connectivity index (χ4v) is 3.58. The van der Waals surface area contributed by atoms with Gasteiger partial charge in [0.1, 0.15) is 28.7 Å². The van der Waals surface area contributed by atoms with Gasteiger partial charge >= 0.3 is 6.18 Å². The van der Waals surface area contributed by atoms with Crippen molar-refractivity contribution in [3.63, 3.8) is 0 Å². The molecule has 0 atom stereocenters. The number of hydrogen-bond acceptors (Lipinski definition) is 2. The van der Waals surface area contributed by atoms with Crippen molar-refractivity contribution in [1.82, 2.24) is 9.38 Å². The zero-order chi connectivity index (χ0) is 19.9. The summed E-state index contributed by atoms with van der Waals surface area (Å²) in [5.41, 5.74) is 0.844. The van der Waals surface area contributed by atoms with Crippen molar-refractivity contribution in [2.45, 2.75) is 6.18 Å². The zero-order valence-corrected chi connectivity index (χ0v) is 16.3. The lowest BCUT2D eigenvalue weighted by molar-refractivity contribution is -0.141. The van der Waals surface area contributed by atoms with Crippen molar-refractivity contribution >= 4 is 39.7 Å². The van der Waals surface area contributed by atoms with Crippen molar-refractivity contribution in [2.75, 3.05) is 5.32 Å². The molecule has 1 N–H and O–H groups in total. The molecule has 4 rings (SSSR count). The maximum atomic E-state index is 13.7. The van der Waals surface area contributed by atoms with Crippen LogP contribution in [0.1, 0.15) is 5.69 Å². The van der Waals surface area contributed by atoms with Crippen LogP contribution in [-0.4, -0.2) is 9.38 Å². The molecule has 0 unspecified atom stereocenters. The molecular weight excluding hydrogens is 485 g/mol. The second-order valence-corrected chi connectivity index (χ2v) is 7.19. The summed E-state index contributed by atoms with van der Waals surface area (Å²) in [4.78, 5) is 4.45. The first-order valence-corrected chi connectivity index (χ1v) is 9.28. The number of halogens is 5. The average molecular weight is 497 g/mol. The van der Waals surface area contributed by atoms with Crippen molar-refractivity contribution in [3.05, 3.63) is 81.8 Å². The third kappa shape index (κ3) is 3.44. The molecule has 0 radical (unpaired) electrons. The molecule has 2 aromatic carbocycles. The van der Waals surface area contributed by atoms with E-state index in [4.69, 9.17) is 0 Å². The van der Waals surface area contributed by atoms with E-state index < -0.39 is 17.7 Å². The third-order valence-electron chi connectivity index (χ3n) is 4.17. The molecular formula is C20H12F4IN3. The number of alkyl halides is 3. The van der Waals surface area contributed by atoms with E-state index in [0.717, 1.165) is 14.0 Å². The summed E-state index contributed by atoms with van der Waals surface area (Å²) in [5.74, 6) is -0.267. The van der Waals surface area contributed by atoms with Gasteiger partial charge in [0, 0.05) is 14.8 Å². The van der Waals surface area contributed by atoms with Crippen LogP contribution >= 0.6 is 22.6 Å². The Bertz CT molecular complexity index is 1150. The maximum absolute atomic E-state index is 13.7. The molecule has 2 heterocycles. The molecule has 0 fully saturated rings. The fraction of sp³-hybridized carbons (Fsp3) is 0.0500. The summed E-state index contributed by atoms with van der Waals surface area (Å²) in [6.45, 7) is 0. The lowest BCUT2D eigenvalue weighted by atomic mass is 10.1. The molecule has 4 aromatic rings. The number of benzene rings is 2. The van der Waals surface area contributed by atoms with E-state index in [0.29, 0.717) is 16.9 Å². The van der Waals surface area contributed by atoms with Crippen LogP contribution in [0.15, 0.2) is 66.7 Å². The first-order chi connectivity index (χ1) is 13.3. The largest absolute Gasteiger partial charge is 0.431 e. The molecule has 0 saturated carbocycles. The highest BCUT2D eigenvalue weighted by Gasteiger charge is 2.35. The first-order valence-electron chi connectivity index (χ1n) is 8.21. The highest BCUT2D eigenvalue weighted by molar-refractivity contribution is 14.1. The molecule has 0 bridgehead atoms. The lowest BCUT2D eigenvalue weighted by Gasteiger charge is -2.14. The first kappa shape index (κ1) is 18.7. The molecule has 142 valence electrons. The second-order valence-electron chi connectivity index (χ2n) is 6.02. The van der Waals surface area contributed by atoms with Crippen molar-refractivity contribution < 1.29 is 17.6 Å². The lowest BCUT2D eigenvalue weighted by Crippen LogP contribution is -2.12. The molecule has 0 aliphatic rings. The molecule has 28 heavy (non-hydrogen) atoms. The highest BCUT2D eigenvalue weighted by atomic mass is 127. The number of rotatable bonds is 3. The van der Waals surface area contributed by atoms with Gasteiger partial charge in [0.05, 0.1) is 0 Å². The van der Waals surface area contributed by atoms with Gasteiger partial charge in [-0.25, -0.2) is 9.37 Å². The SMILES string of the molecule is Fc1ccc(Nc2c(-c3ccccc3I)nc3cccc(C(F)(F)F)n23)cc1. The molecule has 0 amide bonds. The minimum atomic E-state index is -4.57. The second kappa shape index (κ2) is 7.08. The number of pyridine rings is 1. The van der Waals surface area contributed by atoms with Gasteiger partial charge in [0.15, 0.2) is 0 Å². The van der Waals surface area contributed by atoms with E-state index in [9.17, 15) is 17.6 Å². The van der Waals surface area contributed by atoms with Gasteiger partial charge in [-0.1, -0.05) is 24.3 Å². The summed E-state index contributed by atoms with van der Waals surface area (Å²) in [5, 5.41) is 2.99. The van der Waals surface area contributed by atoms with Crippen molar-refractivity contribution in [3.8, 4) is 11.3 Å². The normalized spacial score (nSPS) is 11.8. The average Bonchev–Trinajstić information content (AvgIpc) is 3.01. The van der Waals surface area contributed by atoms with Gasteiger partial charge in [0.25, 0.3) is 0 Å². The Morgan fingerprint density at radius 3 is 2.29 bits per heavy atom. The quantitative estimate of drug-likeness (QED) is 0.259. The summed E-state index contributed by atoms with van der Waals surface area (Å²) < 4.78 is 56.1. The molecule has 0 saturated heterocycles. The summed E-state index contributed by atoms with van der Waals surface area (Å²) in [7, 11) is 0. The predicted octanol–water partition coefficient (Wildman–Crippen LogP) is 6.51. The monoisotopic (exact) mass is 497 g/mol. The Morgan fingerprint density at radius 2 is 1.61 bits per heavy atom. The Labute approximate surface area is 171 Å². The van der Waals surface area contributed by atoms with E-state index in [1.807, 2.05) is 12.1 Å². The van der Waals surface area contributed by atoms with Crippen LogP contribution in [0.4, 0.5) is 29.1 Å². The molecule has 2 aromatic heterocycles. The number of nitrogens with zero attached hydrogens (tertiary/aromatic N) is 2. The molecule has 0 spiro atoms. The number of anilines is 2. The standard InChI is InChI=1S/C20H12F4IN3/c21-12-8-10-13(11-9-12)26-19-18(14-4-1-2-5-15(14)25)27-17-7-3-6-16(28(17)19)20(22,23)24/h1-11,26H. The van der Waals surface area contributed by atoms with Crippen molar-refractivity contribution in [1.29, 1.82) is 0 Å². The van der Waals surface area contributed by atoms with Crippen LogP contribution in [0.3, 0.4) is 0 Å². The number of hydrogen-bond donors (Lipinski definition) is 1.